The van der Waals surface area contributed by atoms with Gasteiger partial charge in [0.1, 0.15) is 0 Å². The van der Waals surface area contributed by atoms with Gasteiger partial charge in [-0.3, -0.25) is 0 Å². The predicted molar refractivity (Wildman–Crippen MR) is 55.6 cm³/mol. The van der Waals surface area contributed by atoms with Gasteiger partial charge >= 0.3 is 5.97 Å². The fraction of sp³-hybridized carbons (Fsp3) is 0.700. The summed E-state index contributed by atoms with van der Waals surface area (Å²) in [6.45, 7) is 8.71. The second-order valence-electron chi connectivity index (χ2n) is 3.82. The van der Waals surface area contributed by atoms with Crippen molar-refractivity contribution in [3.8, 4) is 0 Å². The van der Waals surface area contributed by atoms with Crippen molar-refractivity contribution in [2.45, 2.75) is 34.2 Å². The third-order valence-electron chi connectivity index (χ3n) is 1.91. The molecule has 0 atom stereocenters. The molecule has 0 fully saturated rings. The predicted octanol–water partition coefficient (Wildman–Crippen LogP) is 1.42. The molecule has 5 nitrogen and oxygen atoms in total. The molecule has 1 heterocycles. The molecule has 5 heteroatoms. The number of nitrogens with zero attached hydrogens (tertiary/aromatic N) is 3. The lowest BCUT2D eigenvalue weighted by Gasteiger charge is -2.08. The van der Waals surface area contributed by atoms with Crippen LogP contribution in [0.15, 0.2) is 0 Å². The van der Waals surface area contributed by atoms with Crippen molar-refractivity contribution in [3.63, 3.8) is 0 Å². The first-order valence-electron chi connectivity index (χ1n) is 5.13. The zero-order valence-corrected chi connectivity index (χ0v) is 9.65. The fourth-order valence-electron chi connectivity index (χ4n) is 1.33. The average Bonchev–Trinajstić information content (AvgIpc) is 2.46. The van der Waals surface area contributed by atoms with Crippen LogP contribution < -0.4 is 0 Å². The minimum absolute atomic E-state index is 0.347. The smallest absolute Gasteiger partial charge is 0.358 e. The van der Waals surface area contributed by atoms with Crippen LogP contribution in [0, 0.1) is 12.8 Å². The molecule has 0 aromatic carbocycles. The molecule has 0 unspecified atom stereocenters. The molecule has 0 N–H and O–H groups in total. The van der Waals surface area contributed by atoms with Crippen molar-refractivity contribution >= 4 is 5.97 Å². The lowest BCUT2D eigenvalue weighted by molar-refractivity contribution is 0.0510. The molecule has 0 bridgehead atoms. The summed E-state index contributed by atoms with van der Waals surface area (Å²) in [5.41, 5.74) is 1.08. The van der Waals surface area contributed by atoms with Crippen molar-refractivity contribution in [3.05, 3.63) is 11.4 Å². The first kappa shape index (κ1) is 11.7. The number of carbonyl (C=O) groups is 1. The highest BCUT2D eigenvalue weighted by Crippen LogP contribution is 2.08. The van der Waals surface area contributed by atoms with E-state index in [-0.39, 0.29) is 5.97 Å². The fourth-order valence-corrected chi connectivity index (χ4v) is 1.33. The van der Waals surface area contributed by atoms with E-state index in [1.54, 1.807) is 18.5 Å². The van der Waals surface area contributed by atoms with Crippen molar-refractivity contribution in [2.24, 2.45) is 5.92 Å². The van der Waals surface area contributed by atoms with Crippen LogP contribution in [0.1, 0.15) is 37.0 Å². The molecule has 0 amide bonds. The molecule has 84 valence electrons. The van der Waals surface area contributed by atoms with Crippen molar-refractivity contribution in [1.82, 2.24) is 15.0 Å². The maximum atomic E-state index is 11.6. The van der Waals surface area contributed by atoms with E-state index in [1.165, 1.54) is 0 Å². The molecule has 0 saturated heterocycles. The molecule has 0 aliphatic heterocycles. The molecule has 1 aromatic heterocycles. The van der Waals surface area contributed by atoms with Gasteiger partial charge in [0, 0.05) is 6.54 Å². The first-order valence-corrected chi connectivity index (χ1v) is 5.13. The Balaban J connectivity index is 2.93. The molecule has 0 saturated carbocycles. The van der Waals surface area contributed by atoms with E-state index in [0.29, 0.717) is 30.5 Å². The SMILES string of the molecule is CCOC(=O)c1c(C)nnn1CC(C)C. The molecule has 0 radical (unpaired) electrons. The third-order valence-corrected chi connectivity index (χ3v) is 1.91. The highest BCUT2D eigenvalue weighted by Gasteiger charge is 2.18. The quantitative estimate of drug-likeness (QED) is 0.707. The maximum Gasteiger partial charge on any atom is 0.358 e. The molecule has 1 aromatic rings. The summed E-state index contributed by atoms with van der Waals surface area (Å²) in [7, 11) is 0. The minimum Gasteiger partial charge on any atom is -0.461 e. The van der Waals surface area contributed by atoms with E-state index in [1.807, 2.05) is 0 Å². The topological polar surface area (TPSA) is 57.0 Å². The highest BCUT2D eigenvalue weighted by molar-refractivity contribution is 5.88. The van der Waals surface area contributed by atoms with Crippen LogP contribution in [0.5, 0.6) is 0 Å². The van der Waals surface area contributed by atoms with Gasteiger partial charge in [0.05, 0.1) is 12.3 Å². The lowest BCUT2D eigenvalue weighted by Crippen LogP contribution is -2.16. The number of carbonyl (C=O) groups excluding carboxylic acids is 1. The van der Waals surface area contributed by atoms with E-state index in [2.05, 4.69) is 24.2 Å². The van der Waals surface area contributed by atoms with Crippen molar-refractivity contribution in [1.29, 1.82) is 0 Å². The Morgan fingerprint density at radius 3 is 2.73 bits per heavy atom. The van der Waals surface area contributed by atoms with Gasteiger partial charge in [0.15, 0.2) is 5.69 Å². The zero-order valence-electron chi connectivity index (χ0n) is 9.65. The Labute approximate surface area is 89.4 Å². The van der Waals surface area contributed by atoms with Crippen LogP contribution in [0.3, 0.4) is 0 Å². The second-order valence-corrected chi connectivity index (χ2v) is 3.82. The first-order chi connectivity index (χ1) is 7.06. The van der Waals surface area contributed by atoms with Gasteiger partial charge in [-0.2, -0.15) is 0 Å². The number of aromatic nitrogens is 3. The van der Waals surface area contributed by atoms with Crippen molar-refractivity contribution in [2.75, 3.05) is 6.61 Å². The molecule has 15 heavy (non-hydrogen) atoms. The summed E-state index contributed by atoms with van der Waals surface area (Å²) in [6, 6.07) is 0. The lowest BCUT2D eigenvalue weighted by atomic mass is 10.2. The van der Waals surface area contributed by atoms with Crippen LogP contribution in [0.2, 0.25) is 0 Å². The Kier molecular flexibility index (Phi) is 3.82. The zero-order chi connectivity index (χ0) is 11.4. The summed E-state index contributed by atoms with van der Waals surface area (Å²) in [4.78, 5) is 11.6. The monoisotopic (exact) mass is 211 g/mol. The Morgan fingerprint density at radius 2 is 2.20 bits per heavy atom. The van der Waals surface area contributed by atoms with Crippen LogP contribution in [0.25, 0.3) is 0 Å². The van der Waals surface area contributed by atoms with Gasteiger partial charge in [-0.1, -0.05) is 19.1 Å². The molecule has 1 rings (SSSR count). The van der Waals surface area contributed by atoms with Gasteiger partial charge < -0.3 is 4.74 Å². The number of aryl methyl sites for hydroxylation is 1. The van der Waals surface area contributed by atoms with Crippen molar-refractivity contribution < 1.29 is 9.53 Å². The molecule has 0 aliphatic rings. The Morgan fingerprint density at radius 1 is 1.53 bits per heavy atom. The van der Waals surface area contributed by atoms with E-state index >= 15 is 0 Å². The van der Waals surface area contributed by atoms with E-state index in [4.69, 9.17) is 4.74 Å². The van der Waals surface area contributed by atoms with Crippen LogP contribution in [-0.2, 0) is 11.3 Å². The van der Waals surface area contributed by atoms with E-state index in [0.717, 1.165) is 0 Å². The molecule has 0 aliphatic carbocycles. The molecular weight excluding hydrogens is 194 g/mol. The summed E-state index contributed by atoms with van der Waals surface area (Å²) in [6.07, 6.45) is 0. The normalized spacial score (nSPS) is 10.7. The van der Waals surface area contributed by atoms with Gasteiger partial charge in [0.25, 0.3) is 0 Å². The largest absolute Gasteiger partial charge is 0.461 e. The van der Waals surface area contributed by atoms with Crippen LogP contribution in [-0.4, -0.2) is 27.6 Å². The van der Waals surface area contributed by atoms with Gasteiger partial charge in [-0.05, 0) is 19.8 Å². The van der Waals surface area contributed by atoms with Gasteiger partial charge in [-0.15, -0.1) is 5.10 Å². The Bertz CT molecular complexity index is 344. The number of rotatable bonds is 4. The number of hydrogen-bond acceptors (Lipinski definition) is 4. The summed E-state index contributed by atoms with van der Waals surface area (Å²) in [5, 5.41) is 7.81. The maximum absolute atomic E-state index is 11.6. The second kappa shape index (κ2) is 4.91. The standard InChI is InChI=1S/C10H17N3O2/c1-5-15-10(14)9-8(4)11-12-13(9)6-7(2)3/h7H,5-6H2,1-4H3. The van der Waals surface area contributed by atoms with Gasteiger partial charge in [0.2, 0.25) is 0 Å². The average molecular weight is 211 g/mol. The third kappa shape index (κ3) is 2.78. The van der Waals surface area contributed by atoms with E-state index in [9.17, 15) is 4.79 Å². The van der Waals surface area contributed by atoms with Crippen LogP contribution >= 0.6 is 0 Å². The summed E-state index contributed by atoms with van der Waals surface area (Å²) < 4.78 is 6.56. The Hall–Kier alpha value is -1.39. The summed E-state index contributed by atoms with van der Waals surface area (Å²) >= 11 is 0. The summed E-state index contributed by atoms with van der Waals surface area (Å²) in [5.74, 6) is 0.0694. The number of esters is 1. The van der Waals surface area contributed by atoms with Gasteiger partial charge in [-0.25, -0.2) is 9.48 Å². The minimum atomic E-state index is -0.347. The highest BCUT2D eigenvalue weighted by atomic mass is 16.5. The number of hydrogen-bond donors (Lipinski definition) is 0. The van der Waals surface area contributed by atoms with E-state index < -0.39 is 0 Å². The molecule has 0 spiro atoms. The van der Waals surface area contributed by atoms with Crippen LogP contribution in [0.4, 0.5) is 0 Å². The number of ether oxygens (including phenoxy) is 1. The molecular formula is C10H17N3O2.